The summed E-state index contributed by atoms with van der Waals surface area (Å²) in [4.78, 5) is 6.76. The zero-order valence-corrected chi connectivity index (χ0v) is 13.9. The first-order valence-electron chi connectivity index (χ1n) is 8.56. The summed E-state index contributed by atoms with van der Waals surface area (Å²) in [7, 11) is 0. The number of aliphatic hydroxyl groups is 1. The summed E-state index contributed by atoms with van der Waals surface area (Å²) in [5.74, 6) is 0.548. The van der Waals surface area contributed by atoms with Crippen LogP contribution in [0.2, 0.25) is 0 Å². The molecule has 0 radical (unpaired) electrons. The van der Waals surface area contributed by atoms with Crippen LogP contribution in [0.5, 0.6) is 5.88 Å². The second-order valence-corrected chi connectivity index (χ2v) is 6.14. The summed E-state index contributed by atoms with van der Waals surface area (Å²) in [6.07, 6.45) is 4.06. The fraction of sp³-hybridized carbons (Fsp3) is 0.421. The number of rotatable bonds is 7. The van der Waals surface area contributed by atoms with Gasteiger partial charge in [0.1, 0.15) is 6.61 Å². The van der Waals surface area contributed by atoms with Crippen LogP contribution >= 0.6 is 0 Å². The topological polar surface area (TPSA) is 57.6 Å². The first-order valence-corrected chi connectivity index (χ1v) is 8.56. The molecule has 3 rings (SSSR count). The van der Waals surface area contributed by atoms with Crippen LogP contribution in [-0.2, 0) is 6.54 Å². The summed E-state index contributed by atoms with van der Waals surface area (Å²) in [6, 6.07) is 15.0. The van der Waals surface area contributed by atoms with Crippen molar-refractivity contribution in [1.29, 1.82) is 0 Å². The molecule has 5 nitrogen and oxygen atoms in total. The summed E-state index contributed by atoms with van der Waals surface area (Å²) in [6.45, 7) is 3.53. The normalized spacial score (nSPS) is 16.0. The number of aliphatic hydroxyl groups excluding tert-OH is 1. The first kappa shape index (κ1) is 16.7. The Morgan fingerprint density at radius 1 is 1.12 bits per heavy atom. The van der Waals surface area contributed by atoms with E-state index in [1.165, 1.54) is 5.56 Å². The third-order valence-corrected chi connectivity index (χ3v) is 4.28. The van der Waals surface area contributed by atoms with Crippen molar-refractivity contribution in [2.75, 3.05) is 31.6 Å². The van der Waals surface area contributed by atoms with Crippen LogP contribution in [0.15, 0.2) is 48.7 Å². The number of pyridine rings is 1. The Labute approximate surface area is 143 Å². The average Bonchev–Trinajstić information content (AvgIpc) is 2.64. The van der Waals surface area contributed by atoms with Gasteiger partial charge in [-0.05, 0) is 24.5 Å². The smallest absolute Gasteiger partial charge is 0.213 e. The number of piperidine rings is 1. The molecule has 5 heteroatoms. The van der Waals surface area contributed by atoms with E-state index in [0.717, 1.165) is 38.2 Å². The number of likely N-dealkylation sites (tertiary alicyclic amines) is 1. The number of anilines is 1. The molecule has 128 valence electrons. The molecule has 0 unspecified atom stereocenters. The Morgan fingerprint density at radius 3 is 2.58 bits per heavy atom. The zero-order valence-electron chi connectivity index (χ0n) is 13.9. The lowest BCUT2D eigenvalue weighted by Gasteiger charge is -2.32. The van der Waals surface area contributed by atoms with Crippen molar-refractivity contribution in [1.82, 2.24) is 9.88 Å². The van der Waals surface area contributed by atoms with Gasteiger partial charge in [0.25, 0.3) is 0 Å². The molecule has 0 aliphatic carbocycles. The molecule has 0 saturated carbocycles. The van der Waals surface area contributed by atoms with E-state index in [9.17, 15) is 0 Å². The van der Waals surface area contributed by atoms with Gasteiger partial charge in [-0.15, -0.1) is 0 Å². The van der Waals surface area contributed by atoms with Gasteiger partial charge in [-0.25, -0.2) is 4.98 Å². The molecule has 1 aliphatic heterocycles. The van der Waals surface area contributed by atoms with Crippen LogP contribution in [0, 0.1) is 0 Å². The average molecular weight is 327 g/mol. The number of aromatic nitrogens is 1. The molecule has 2 aromatic rings. The van der Waals surface area contributed by atoms with Crippen LogP contribution in [0.4, 0.5) is 5.69 Å². The molecule has 1 saturated heterocycles. The van der Waals surface area contributed by atoms with Gasteiger partial charge in [0.2, 0.25) is 5.88 Å². The highest BCUT2D eigenvalue weighted by molar-refractivity contribution is 5.43. The highest BCUT2D eigenvalue weighted by Crippen LogP contribution is 2.19. The van der Waals surface area contributed by atoms with Crippen molar-refractivity contribution < 1.29 is 9.84 Å². The molecule has 24 heavy (non-hydrogen) atoms. The summed E-state index contributed by atoms with van der Waals surface area (Å²) >= 11 is 0. The Hall–Kier alpha value is -2.11. The van der Waals surface area contributed by atoms with E-state index >= 15 is 0 Å². The van der Waals surface area contributed by atoms with Crippen molar-refractivity contribution in [3.63, 3.8) is 0 Å². The molecule has 0 spiro atoms. The van der Waals surface area contributed by atoms with Gasteiger partial charge < -0.3 is 15.2 Å². The molecule has 2 N–H and O–H groups in total. The second-order valence-electron chi connectivity index (χ2n) is 6.14. The fourth-order valence-electron chi connectivity index (χ4n) is 3.01. The van der Waals surface area contributed by atoms with Crippen LogP contribution in [-0.4, -0.2) is 47.3 Å². The number of nitrogens with one attached hydrogen (secondary N) is 1. The van der Waals surface area contributed by atoms with Gasteiger partial charge in [0.15, 0.2) is 0 Å². The Balaban J connectivity index is 1.43. The van der Waals surface area contributed by atoms with Crippen LogP contribution in [0.3, 0.4) is 0 Å². The molecule has 1 aliphatic rings. The van der Waals surface area contributed by atoms with Crippen molar-refractivity contribution in [3.05, 3.63) is 54.2 Å². The first-order chi connectivity index (χ1) is 11.8. The Bertz CT molecular complexity index is 596. The molecule has 0 atom stereocenters. The van der Waals surface area contributed by atoms with Gasteiger partial charge in [-0.1, -0.05) is 30.3 Å². The highest BCUT2D eigenvalue weighted by atomic mass is 16.5. The van der Waals surface area contributed by atoms with E-state index in [2.05, 4.69) is 45.5 Å². The van der Waals surface area contributed by atoms with Crippen LogP contribution in [0.1, 0.15) is 18.4 Å². The predicted molar refractivity (Wildman–Crippen MR) is 95.2 cm³/mol. The monoisotopic (exact) mass is 327 g/mol. The van der Waals surface area contributed by atoms with Gasteiger partial charge >= 0.3 is 0 Å². The van der Waals surface area contributed by atoms with E-state index in [-0.39, 0.29) is 13.2 Å². The molecule has 1 aromatic heterocycles. The molecule has 0 bridgehead atoms. The predicted octanol–water partition coefficient (Wildman–Crippen LogP) is 2.53. The number of ether oxygens (including phenoxy) is 1. The number of benzene rings is 1. The highest BCUT2D eigenvalue weighted by Gasteiger charge is 2.19. The van der Waals surface area contributed by atoms with Gasteiger partial charge in [0.05, 0.1) is 18.5 Å². The lowest BCUT2D eigenvalue weighted by atomic mass is 10.0. The van der Waals surface area contributed by atoms with Gasteiger partial charge in [-0.3, -0.25) is 4.90 Å². The molecule has 1 fully saturated rings. The maximum Gasteiger partial charge on any atom is 0.213 e. The van der Waals surface area contributed by atoms with E-state index in [0.29, 0.717) is 11.9 Å². The third-order valence-electron chi connectivity index (χ3n) is 4.28. The van der Waals surface area contributed by atoms with Crippen LogP contribution < -0.4 is 10.1 Å². The molecule has 0 amide bonds. The number of hydrogen-bond donors (Lipinski definition) is 2. The zero-order chi connectivity index (χ0) is 16.6. The summed E-state index contributed by atoms with van der Waals surface area (Å²) in [5.41, 5.74) is 2.40. The largest absolute Gasteiger partial charge is 0.475 e. The lowest BCUT2D eigenvalue weighted by Crippen LogP contribution is -2.38. The van der Waals surface area contributed by atoms with Gasteiger partial charge in [-0.2, -0.15) is 0 Å². The number of nitrogens with zero attached hydrogens (tertiary/aromatic N) is 2. The Kier molecular flexibility index (Phi) is 6.04. The van der Waals surface area contributed by atoms with Crippen molar-refractivity contribution in [2.24, 2.45) is 0 Å². The van der Waals surface area contributed by atoms with Crippen molar-refractivity contribution in [3.8, 4) is 5.88 Å². The quantitative estimate of drug-likeness (QED) is 0.818. The van der Waals surface area contributed by atoms with E-state index in [1.54, 1.807) is 6.20 Å². The maximum atomic E-state index is 8.74. The molecule has 2 heterocycles. The van der Waals surface area contributed by atoms with Gasteiger partial charge in [0, 0.05) is 31.7 Å². The Morgan fingerprint density at radius 2 is 1.92 bits per heavy atom. The SMILES string of the molecule is OCCOc1ccc(NC2CCN(Cc3ccccc3)CC2)cn1. The minimum Gasteiger partial charge on any atom is -0.475 e. The third kappa shape index (κ3) is 4.94. The van der Waals surface area contributed by atoms with Crippen LogP contribution in [0.25, 0.3) is 0 Å². The van der Waals surface area contributed by atoms with Crippen molar-refractivity contribution in [2.45, 2.75) is 25.4 Å². The summed E-state index contributed by atoms with van der Waals surface area (Å²) in [5, 5.41) is 12.3. The lowest BCUT2D eigenvalue weighted by molar-refractivity contribution is 0.196. The summed E-state index contributed by atoms with van der Waals surface area (Å²) < 4.78 is 5.28. The number of hydrogen-bond acceptors (Lipinski definition) is 5. The van der Waals surface area contributed by atoms with E-state index in [1.807, 2.05) is 12.1 Å². The molecule has 1 aromatic carbocycles. The molecular weight excluding hydrogens is 302 g/mol. The van der Waals surface area contributed by atoms with E-state index < -0.39 is 0 Å². The van der Waals surface area contributed by atoms with Crippen molar-refractivity contribution >= 4 is 5.69 Å². The maximum absolute atomic E-state index is 8.74. The standard InChI is InChI=1S/C19H25N3O2/c23-12-13-24-19-7-6-18(14-20-19)21-17-8-10-22(11-9-17)15-16-4-2-1-3-5-16/h1-7,14,17,21,23H,8-13,15H2. The molecular formula is C19H25N3O2. The van der Waals surface area contributed by atoms with E-state index in [4.69, 9.17) is 9.84 Å². The minimum absolute atomic E-state index is 0.00321. The second kappa shape index (κ2) is 8.66. The fourth-order valence-corrected chi connectivity index (χ4v) is 3.01. The minimum atomic E-state index is 0.00321.